The molecule has 0 fully saturated rings. The summed E-state index contributed by atoms with van der Waals surface area (Å²) >= 11 is 0. The van der Waals surface area contributed by atoms with Gasteiger partial charge in [0.2, 0.25) is 12.7 Å². The summed E-state index contributed by atoms with van der Waals surface area (Å²) in [5.41, 5.74) is 0. The van der Waals surface area contributed by atoms with Gasteiger partial charge in [0, 0.05) is 0 Å². The van der Waals surface area contributed by atoms with Gasteiger partial charge in [0.15, 0.2) is 13.5 Å². The van der Waals surface area contributed by atoms with Crippen LogP contribution in [-0.4, -0.2) is 22.3 Å². The largest absolute Gasteiger partial charge is 1.00 e. The van der Waals surface area contributed by atoms with Gasteiger partial charge in [-0.2, -0.15) is 0 Å². The van der Waals surface area contributed by atoms with Crippen LogP contribution in [0, 0.1) is 0 Å². The molecule has 33 heavy (non-hydrogen) atoms. The van der Waals surface area contributed by atoms with Crippen LogP contribution in [0.3, 0.4) is 0 Å². The minimum atomic E-state index is 0. The van der Waals surface area contributed by atoms with Crippen molar-refractivity contribution >= 4 is 0 Å². The van der Waals surface area contributed by atoms with Crippen LogP contribution in [0.15, 0.2) is 37.4 Å². The van der Waals surface area contributed by atoms with Crippen molar-refractivity contribution in [2.75, 3.05) is 13.2 Å². The Bertz CT molecular complexity index is 623. The normalized spacial score (nSPS) is 10.7. The van der Waals surface area contributed by atoms with Crippen LogP contribution in [0.5, 0.6) is 0 Å². The number of halogens is 2. The van der Waals surface area contributed by atoms with Crippen LogP contribution in [-0.2, 0) is 36.0 Å². The molecule has 0 aromatic carbocycles. The monoisotopic (exact) mass is 504 g/mol. The van der Waals surface area contributed by atoms with Gasteiger partial charge in [0.25, 0.3) is 0 Å². The summed E-state index contributed by atoms with van der Waals surface area (Å²) in [6, 6.07) is 0. The number of hydrogen-bond acceptors (Lipinski definition) is 2. The van der Waals surface area contributed by atoms with E-state index in [0.717, 1.165) is 45.6 Å². The van der Waals surface area contributed by atoms with E-state index in [2.05, 4.69) is 69.6 Å². The van der Waals surface area contributed by atoms with Crippen LogP contribution >= 0.6 is 0 Å². The Hall–Kier alpha value is -1.08. The van der Waals surface area contributed by atoms with Crippen molar-refractivity contribution in [2.45, 2.75) is 111 Å². The molecule has 0 saturated heterocycles. The molecule has 0 bridgehead atoms. The fraction of sp³-hybridized carbons (Fsp3) is 0.760. The van der Waals surface area contributed by atoms with E-state index in [1.807, 2.05) is 0 Å². The second-order valence-electron chi connectivity index (χ2n) is 8.59. The maximum atomic E-state index is 5.80. The molecule has 192 valence electrons. The standard InChI is InChI=1S/C25H46N4O2.2ClH/c1-3-5-7-10-14-26-16-18-28(22-26)24-30-20-12-9-13-21-31-25-29-19-17-27(23-29)15-11-8-6-4-2;;/h16-19,22-23H,3-15,20-21,24-25H2,1-2H3;2*1H/q+2;;/p-2. The molecule has 2 aromatic rings. The van der Waals surface area contributed by atoms with Gasteiger partial charge in [-0.25, -0.2) is 18.3 Å². The van der Waals surface area contributed by atoms with Gasteiger partial charge >= 0.3 is 0 Å². The van der Waals surface area contributed by atoms with Crippen LogP contribution < -0.4 is 33.9 Å². The third kappa shape index (κ3) is 15.4. The fourth-order valence-corrected chi connectivity index (χ4v) is 3.66. The van der Waals surface area contributed by atoms with Crippen molar-refractivity contribution in [2.24, 2.45) is 0 Å². The zero-order chi connectivity index (χ0) is 22.0. The van der Waals surface area contributed by atoms with Crippen molar-refractivity contribution < 1.29 is 43.4 Å². The van der Waals surface area contributed by atoms with Crippen LogP contribution in [0.25, 0.3) is 0 Å². The molecule has 8 heteroatoms. The molecule has 2 heterocycles. The third-order valence-electron chi connectivity index (χ3n) is 5.59. The van der Waals surface area contributed by atoms with E-state index < -0.39 is 0 Å². The smallest absolute Gasteiger partial charge is 0.245 e. The Morgan fingerprint density at radius 1 is 0.576 bits per heavy atom. The number of nitrogens with zero attached hydrogens (tertiary/aromatic N) is 4. The van der Waals surface area contributed by atoms with Crippen molar-refractivity contribution in [3.8, 4) is 0 Å². The Morgan fingerprint density at radius 3 is 1.42 bits per heavy atom. The lowest BCUT2D eigenvalue weighted by molar-refractivity contribution is -0.732. The summed E-state index contributed by atoms with van der Waals surface area (Å²) in [5.74, 6) is 0. The number of aryl methyl sites for hydroxylation is 2. The second-order valence-corrected chi connectivity index (χ2v) is 8.59. The molecule has 0 aliphatic heterocycles. The van der Waals surface area contributed by atoms with E-state index in [-0.39, 0.29) is 24.8 Å². The average Bonchev–Trinajstić information content (AvgIpc) is 3.42. The Labute approximate surface area is 214 Å². The number of ether oxygens (including phenoxy) is 2. The summed E-state index contributed by atoms with van der Waals surface area (Å²) < 4.78 is 20.4. The highest BCUT2D eigenvalue weighted by atomic mass is 35.5. The molecule has 2 rings (SSSR count). The minimum absolute atomic E-state index is 0. The lowest BCUT2D eigenvalue weighted by atomic mass is 10.2. The van der Waals surface area contributed by atoms with Crippen molar-refractivity contribution in [3.63, 3.8) is 0 Å². The zero-order valence-corrected chi connectivity index (χ0v) is 22.4. The molecule has 0 aliphatic rings. The highest BCUT2D eigenvalue weighted by Crippen LogP contribution is 2.02. The number of aromatic nitrogens is 4. The lowest BCUT2D eigenvalue weighted by Crippen LogP contribution is -3.00. The quantitative estimate of drug-likeness (QED) is 0.168. The van der Waals surface area contributed by atoms with Crippen LogP contribution in [0.1, 0.15) is 84.5 Å². The van der Waals surface area contributed by atoms with Gasteiger partial charge in [-0.1, -0.05) is 39.5 Å². The predicted molar refractivity (Wildman–Crippen MR) is 123 cm³/mol. The van der Waals surface area contributed by atoms with Crippen LogP contribution in [0.4, 0.5) is 0 Å². The highest BCUT2D eigenvalue weighted by Gasteiger charge is 2.04. The first-order valence-corrected chi connectivity index (χ1v) is 12.6. The number of hydrogen-bond donors (Lipinski definition) is 0. The van der Waals surface area contributed by atoms with Gasteiger partial charge in [0.1, 0.15) is 24.8 Å². The molecule has 0 radical (unpaired) electrons. The van der Waals surface area contributed by atoms with E-state index in [9.17, 15) is 0 Å². The average molecular weight is 506 g/mol. The molecule has 0 unspecified atom stereocenters. The lowest BCUT2D eigenvalue weighted by Gasteiger charge is -2.03. The Morgan fingerprint density at radius 2 is 1.00 bits per heavy atom. The molecular formula is C25H46Cl2N4O2. The van der Waals surface area contributed by atoms with E-state index in [1.54, 1.807) is 0 Å². The van der Waals surface area contributed by atoms with Gasteiger partial charge in [-0.05, 0) is 44.9 Å². The summed E-state index contributed by atoms with van der Waals surface area (Å²) in [6.45, 7) is 9.62. The minimum Gasteiger partial charge on any atom is -1.00 e. The Balaban J connectivity index is 0.00000512. The molecule has 0 saturated carbocycles. The van der Waals surface area contributed by atoms with Gasteiger partial charge < -0.3 is 34.3 Å². The second kappa shape index (κ2) is 21.5. The molecule has 0 aliphatic carbocycles. The summed E-state index contributed by atoms with van der Waals surface area (Å²) in [7, 11) is 0. The van der Waals surface area contributed by atoms with E-state index >= 15 is 0 Å². The SMILES string of the molecule is CCCCCCn1cc[n+](COCCCCCOC[n+]2ccn(CCCCCC)c2)c1.[Cl-].[Cl-]. The molecule has 0 spiro atoms. The van der Waals surface area contributed by atoms with Gasteiger partial charge in [-0.3, -0.25) is 0 Å². The van der Waals surface area contributed by atoms with E-state index in [1.165, 1.54) is 51.4 Å². The maximum Gasteiger partial charge on any atom is 0.245 e. The van der Waals surface area contributed by atoms with E-state index in [4.69, 9.17) is 9.47 Å². The first-order valence-electron chi connectivity index (χ1n) is 12.6. The summed E-state index contributed by atoms with van der Waals surface area (Å²) in [4.78, 5) is 0. The topological polar surface area (TPSA) is 36.1 Å². The van der Waals surface area contributed by atoms with Gasteiger partial charge in [-0.15, -0.1) is 0 Å². The predicted octanol–water partition coefficient (Wildman–Crippen LogP) is -1.15. The first-order chi connectivity index (χ1) is 15.3. The van der Waals surface area contributed by atoms with Crippen molar-refractivity contribution in [3.05, 3.63) is 37.4 Å². The van der Waals surface area contributed by atoms with Crippen LogP contribution in [0.2, 0.25) is 0 Å². The first kappa shape index (κ1) is 31.9. The zero-order valence-electron chi connectivity index (χ0n) is 20.8. The van der Waals surface area contributed by atoms with Gasteiger partial charge in [0.05, 0.1) is 26.3 Å². The summed E-state index contributed by atoms with van der Waals surface area (Å²) in [5, 5.41) is 0. The number of unbranched alkanes of at least 4 members (excludes halogenated alkanes) is 8. The van der Waals surface area contributed by atoms with E-state index in [0.29, 0.717) is 13.5 Å². The molecule has 6 nitrogen and oxygen atoms in total. The summed E-state index contributed by atoms with van der Waals surface area (Å²) in [6.07, 6.45) is 26.5. The van der Waals surface area contributed by atoms with Crippen molar-refractivity contribution in [1.29, 1.82) is 0 Å². The molecule has 0 amide bonds. The fourth-order valence-electron chi connectivity index (χ4n) is 3.66. The molecule has 0 N–H and O–H groups in total. The third-order valence-corrected chi connectivity index (χ3v) is 5.59. The molecular weight excluding hydrogens is 459 g/mol. The maximum absolute atomic E-state index is 5.80. The number of imidazole rings is 2. The highest BCUT2D eigenvalue weighted by molar-refractivity contribution is 4.66. The van der Waals surface area contributed by atoms with Crippen molar-refractivity contribution in [1.82, 2.24) is 9.13 Å². The molecule has 2 aromatic heterocycles. The molecule has 0 atom stereocenters. The number of rotatable bonds is 20. The Kier molecular flexibility index (Phi) is 20.8.